The highest BCUT2D eigenvalue weighted by Gasteiger charge is 2.35. The van der Waals surface area contributed by atoms with Crippen LogP contribution in [-0.2, 0) is 9.59 Å². The number of nitrogens with zero attached hydrogens (tertiary/aromatic N) is 2. The summed E-state index contributed by atoms with van der Waals surface area (Å²) in [5, 5.41) is 5.30. The van der Waals surface area contributed by atoms with E-state index in [4.69, 9.17) is 0 Å². The maximum absolute atomic E-state index is 12.9. The van der Waals surface area contributed by atoms with Gasteiger partial charge < -0.3 is 15.2 Å². The molecule has 33 heavy (non-hydrogen) atoms. The average Bonchev–Trinajstić information content (AvgIpc) is 3.19. The second-order valence-corrected chi connectivity index (χ2v) is 8.29. The van der Waals surface area contributed by atoms with Crippen molar-refractivity contribution in [2.24, 2.45) is 0 Å². The fraction of sp³-hybridized carbons (Fsp3) is 0.192. The van der Waals surface area contributed by atoms with E-state index in [0.717, 1.165) is 38.7 Å². The van der Waals surface area contributed by atoms with Crippen molar-refractivity contribution in [1.29, 1.82) is 0 Å². The van der Waals surface area contributed by atoms with Crippen LogP contribution in [0.15, 0.2) is 60.3 Å². The van der Waals surface area contributed by atoms with Gasteiger partial charge >= 0.3 is 6.03 Å². The van der Waals surface area contributed by atoms with Crippen LogP contribution in [-0.4, -0.2) is 33.9 Å². The molecular formula is C26H26N4O3. The third-order valence-electron chi connectivity index (χ3n) is 5.63. The minimum Gasteiger partial charge on any atom is -0.325 e. The number of hydrogen-bond acceptors (Lipinski definition) is 3. The molecule has 7 nitrogen and oxygen atoms in total. The van der Waals surface area contributed by atoms with Crippen LogP contribution in [0.5, 0.6) is 0 Å². The topological polar surface area (TPSA) is 83.4 Å². The van der Waals surface area contributed by atoms with Crippen LogP contribution in [0.1, 0.15) is 28.1 Å². The van der Waals surface area contributed by atoms with Gasteiger partial charge in [0.1, 0.15) is 12.2 Å². The highest BCUT2D eigenvalue weighted by molar-refractivity contribution is 6.16. The van der Waals surface area contributed by atoms with E-state index >= 15 is 0 Å². The van der Waals surface area contributed by atoms with Crippen molar-refractivity contribution in [2.75, 3.05) is 11.9 Å². The van der Waals surface area contributed by atoms with Crippen molar-refractivity contribution < 1.29 is 14.4 Å². The van der Waals surface area contributed by atoms with Gasteiger partial charge in [0, 0.05) is 22.8 Å². The summed E-state index contributed by atoms with van der Waals surface area (Å²) in [4.78, 5) is 38.6. The van der Waals surface area contributed by atoms with Gasteiger partial charge in [0.25, 0.3) is 5.91 Å². The van der Waals surface area contributed by atoms with Crippen LogP contribution in [0.4, 0.5) is 10.5 Å². The number of nitrogens with one attached hydrogen (secondary N) is 2. The Kier molecular flexibility index (Phi) is 5.87. The van der Waals surface area contributed by atoms with E-state index in [9.17, 15) is 14.4 Å². The normalized spacial score (nSPS) is 14.7. The van der Waals surface area contributed by atoms with Gasteiger partial charge in [0.05, 0.1) is 0 Å². The molecule has 1 aliphatic rings. The highest BCUT2D eigenvalue weighted by atomic mass is 16.2. The third kappa shape index (κ3) is 4.57. The summed E-state index contributed by atoms with van der Waals surface area (Å²) in [7, 11) is 0. The molecule has 0 unspecified atom stereocenters. The zero-order valence-corrected chi connectivity index (χ0v) is 19.1. The summed E-state index contributed by atoms with van der Waals surface area (Å²) in [6.45, 7) is 7.59. The van der Waals surface area contributed by atoms with Crippen molar-refractivity contribution in [3.05, 3.63) is 88.4 Å². The number of urea groups is 1. The van der Waals surface area contributed by atoms with Crippen LogP contribution in [0, 0.1) is 27.7 Å². The Bertz CT molecular complexity index is 1290. The molecule has 1 aromatic heterocycles. The summed E-state index contributed by atoms with van der Waals surface area (Å²) in [6.07, 6.45) is 1.66. The van der Waals surface area contributed by atoms with Crippen molar-refractivity contribution in [3.8, 4) is 5.69 Å². The Labute approximate surface area is 192 Å². The van der Waals surface area contributed by atoms with Crippen molar-refractivity contribution in [2.45, 2.75) is 27.7 Å². The predicted octanol–water partition coefficient (Wildman–Crippen LogP) is 4.24. The standard InChI is InChI=1S/C26H26N4O3/c1-16-8-10-21(11-9-16)27-24(31)15-29-25(32)23(28-26(29)33)14-20-13-18(3)30(19(20)4)22-7-5-6-17(2)12-22/h5-14H,15H2,1-4H3,(H,27,31)(H,28,33)/b23-14+. The summed E-state index contributed by atoms with van der Waals surface area (Å²) in [5.74, 6) is -0.972. The molecular weight excluding hydrogens is 416 g/mol. The number of amides is 4. The minimum atomic E-state index is -0.613. The number of rotatable bonds is 5. The van der Waals surface area contributed by atoms with E-state index in [1.807, 2.05) is 64.1 Å². The van der Waals surface area contributed by atoms with E-state index in [2.05, 4.69) is 21.3 Å². The number of carbonyl (C=O) groups is 3. The number of aryl methyl sites for hydroxylation is 3. The molecule has 7 heteroatoms. The van der Waals surface area contributed by atoms with Gasteiger partial charge in [0.2, 0.25) is 5.91 Å². The molecule has 2 N–H and O–H groups in total. The first-order valence-electron chi connectivity index (χ1n) is 10.7. The predicted molar refractivity (Wildman–Crippen MR) is 128 cm³/mol. The second kappa shape index (κ2) is 8.78. The Morgan fingerprint density at radius 1 is 0.970 bits per heavy atom. The molecule has 0 saturated carbocycles. The van der Waals surface area contributed by atoms with Gasteiger partial charge in [-0.2, -0.15) is 0 Å². The van der Waals surface area contributed by atoms with E-state index < -0.39 is 17.8 Å². The smallest absolute Gasteiger partial charge is 0.325 e. The lowest BCUT2D eigenvalue weighted by Crippen LogP contribution is -2.38. The molecule has 0 spiro atoms. The Balaban J connectivity index is 1.53. The molecule has 0 bridgehead atoms. The van der Waals surface area contributed by atoms with Crippen LogP contribution in [0.25, 0.3) is 11.8 Å². The molecule has 2 heterocycles. The zero-order chi connectivity index (χ0) is 23.7. The van der Waals surface area contributed by atoms with Gasteiger partial charge in [-0.25, -0.2) is 9.69 Å². The number of benzene rings is 2. The molecule has 1 fully saturated rings. The first-order chi connectivity index (χ1) is 15.7. The van der Waals surface area contributed by atoms with Crippen LogP contribution < -0.4 is 10.6 Å². The second-order valence-electron chi connectivity index (χ2n) is 8.29. The summed E-state index contributed by atoms with van der Waals surface area (Å²) >= 11 is 0. The highest BCUT2D eigenvalue weighted by Crippen LogP contribution is 2.24. The van der Waals surface area contributed by atoms with E-state index in [-0.39, 0.29) is 12.2 Å². The Morgan fingerprint density at radius 2 is 1.70 bits per heavy atom. The molecule has 2 aromatic carbocycles. The van der Waals surface area contributed by atoms with E-state index in [0.29, 0.717) is 5.69 Å². The van der Waals surface area contributed by atoms with Crippen LogP contribution in [0.3, 0.4) is 0 Å². The van der Waals surface area contributed by atoms with Crippen LogP contribution in [0.2, 0.25) is 0 Å². The minimum absolute atomic E-state index is 0.146. The van der Waals surface area contributed by atoms with Gasteiger partial charge in [0.15, 0.2) is 0 Å². The fourth-order valence-electron chi connectivity index (χ4n) is 3.95. The molecule has 4 amide bonds. The summed E-state index contributed by atoms with van der Waals surface area (Å²) < 4.78 is 2.10. The van der Waals surface area contributed by atoms with Gasteiger partial charge in [-0.15, -0.1) is 0 Å². The molecule has 0 atom stereocenters. The maximum Gasteiger partial charge on any atom is 0.329 e. The van der Waals surface area contributed by atoms with E-state index in [1.165, 1.54) is 0 Å². The number of aromatic nitrogens is 1. The molecule has 3 aromatic rings. The molecule has 168 valence electrons. The lowest BCUT2D eigenvalue weighted by atomic mass is 10.2. The fourth-order valence-corrected chi connectivity index (χ4v) is 3.95. The third-order valence-corrected chi connectivity index (χ3v) is 5.63. The average molecular weight is 443 g/mol. The van der Waals surface area contributed by atoms with Crippen molar-refractivity contribution >= 4 is 29.6 Å². The first kappa shape index (κ1) is 22.1. The molecule has 4 rings (SSSR count). The first-order valence-corrected chi connectivity index (χ1v) is 10.7. The SMILES string of the molecule is Cc1ccc(NC(=O)CN2C(=O)N/C(=C/c3cc(C)n(-c4cccc(C)c4)c3C)C2=O)cc1. The number of imide groups is 1. The van der Waals surface area contributed by atoms with Crippen molar-refractivity contribution in [3.63, 3.8) is 0 Å². The van der Waals surface area contributed by atoms with Crippen molar-refractivity contribution in [1.82, 2.24) is 14.8 Å². The van der Waals surface area contributed by atoms with Gasteiger partial charge in [-0.05, 0) is 75.2 Å². The number of carbonyl (C=O) groups excluding carboxylic acids is 3. The monoisotopic (exact) mass is 442 g/mol. The van der Waals surface area contributed by atoms with E-state index in [1.54, 1.807) is 18.2 Å². The molecule has 0 radical (unpaired) electrons. The lowest BCUT2D eigenvalue weighted by Gasteiger charge is -2.12. The van der Waals surface area contributed by atoms with Crippen LogP contribution >= 0.6 is 0 Å². The maximum atomic E-state index is 12.9. The van der Waals surface area contributed by atoms with Gasteiger partial charge in [-0.3, -0.25) is 9.59 Å². The summed E-state index contributed by atoms with van der Waals surface area (Å²) in [6, 6.07) is 16.8. The molecule has 0 aliphatic carbocycles. The number of anilines is 1. The Morgan fingerprint density at radius 3 is 2.39 bits per heavy atom. The zero-order valence-electron chi connectivity index (χ0n) is 19.1. The lowest BCUT2D eigenvalue weighted by molar-refractivity contribution is -0.127. The summed E-state index contributed by atoms with van der Waals surface area (Å²) in [5.41, 5.74) is 6.79. The quantitative estimate of drug-likeness (QED) is 0.458. The Hall–Kier alpha value is -4.13. The van der Waals surface area contributed by atoms with Gasteiger partial charge in [-0.1, -0.05) is 29.8 Å². The largest absolute Gasteiger partial charge is 0.329 e. The molecule has 1 saturated heterocycles. The number of hydrogen-bond donors (Lipinski definition) is 2. The molecule has 1 aliphatic heterocycles.